The molecule has 1 fully saturated rings. The van der Waals surface area contributed by atoms with Crippen molar-refractivity contribution in [2.24, 2.45) is 11.7 Å². The van der Waals surface area contributed by atoms with Gasteiger partial charge < -0.3 is 10.6 Å². The van der Waals surface area contributed by atoms with Gasteiger partial charge in [0.1, 0.15) is 0 Å². The molecule has 0 radical (unpaired) electrons. The van der Waals surface area contributed by atoms with Crippen LogP contribution in [-0.2, 0) is 4.79 Å². The van der Waals surface area contributed by atoms with Crippen LogP contribution in [0.25, 0.3) is 0 Å². The molecule has 0 heterocycles. The molecular formula is C9H16F2N2O. The topological polar surface area (TPSA) is 46.3 Å². The molecule has 2 atom stereocenters. The fourth-order valence-electron chi connectivity index (χ4n) is 1.88. The highest BCUT2D eigenvalue weighted by atomic mass is 19.3. The first-order chi connectivity index (χ1) is 6.52. The number of hydrogen-bond donors (Lipinski definition) is 1. The molecule has 0 aromatic carbocycles. The first kappa shape index (κ1) is 11.4. The number of nitrogens with zero attached hydrogens (tertiary/aromatic N) is 1. The molecule has 3 nitrogen and oxygen atoms in total. The van der Waals surface area contributed by atoms with E-state index < -0.39 is 13.0 Å². The number of alkyl halides is 2. The fourth-order valence-corrected chi connectivity index (χ4v) is 1.88. The maximum absolute atomic E-state index is 12.0. The average Bonchev–Trinajstić information content (AvgIpc) is 2.48. The second kappa shape index (κ2) is 4.68. The highest BCUT2D eigenvalue weighted by Crippen LogP contribution is 2.25. The highest BCUT2D eigenvalue weighted by molar-refractivity contribution is 5.79. The third kappa shape index (κ3) is 2.64. The molecule has 1 aliphatic carbocycles. The van der Waals surface area contributed by atoms with Crippen molar-refractivity contribution < 1.29 is 13.6 Å². The van der Waals surface area contributed by atoms with Crippen LogP contribution in [-0.4, -0.2) is 36.9 Å². The molecule has 0 saturated heterocycles. The van der Waals surface area contributed by atoms with Crippen LogP contribution in [0.2, 0.25) is 0 Å². The third-order valence-corrected chi connectivity index (χ3v) is 2.67. The minimum atomic E-state index is -2.47. The summed E-state index contributed by atoms with van der Waals surface area (Å²) in [6, 6.07) is -0.150. The molecular weight excluding hydrogens is 190 g/mol. The van der Waals surface area contributed by atoms with Crippen LogP contribution in [0.5, 0.6) is 0 Å². The maximum Gasteiger partial charge on any atom is 0.255 e. The Hall–Kier alpha value is -0.710. The van der Waals surface area contributed by atoms with Gasteiger partial charge in [-0.05, 0) is 12.8 Å². The van der Waals surface area contributed by atoms with E-state index in [0.29, 0.717) is 0 Å². The van der Waals surface area contributed by atoms with E-state index in [1.165, 1.54) is 7.05 Å². The Labute approximate surface area is 82.2 Å². The molecule has 0 aromatic rings. The number of carbonyl (C=O) groups is 1. The lowest BCUT2D eigenvalue weighted by Gasteiger charge is -2.22. The van der Waals surface area contributed by atoms with Gasteiger partial charge in [-0.2, -0.15) is 0 Å². The van der Waals surface area contributed by atoms with Gasteiger partial charge in [-0.3, -0.25) is 4.79 Å². The Morgan fingerprint density at radius 2 is 2.21 bits per heavy atom. The molecule has 0 aliphatic heterocycles. The van der Waals surface area contributed by atoms with E-state index in [1.54, 1.807) is 0 Å². The number of amides is 1. The second-order valence-corrected chi connectivity index (χ2v) is 3.81. The van der Waals surface area contributed by atoms with E-state index >= 15 is 0 Å². The minimum absolute atomic E-state index is 0.150. The van der Waals surface area contributed by atoms with E-state index in [9.17, 15) is 13.6 Å². The van der Waals surface area contributed by atoms with Crippen LogP contribution in [0.1, 0.15) is 19.3 Å². The van der Waals surface area contributed by atoms with E-state index in [1.807, 2.05) is 0 Å². The van der Waals surface area contributed by atoms with Gasteiger partial charge in [0.15, 0.2) is 0 Å². The summed E-state index contributed by atoms with van der Waals surface area (Å²) in [7, 11) is 1.40. The largest absolute Gasteiger partial charge is 0.340 e. The summed E-state index contributed by atoms with van der Waals surface area (Å²) in [4.78, 5) is 12.7. The standard InChI is InChI=1S/C9H16F2N2O/c1-13(5-8(10)11)9(14)6-3-2-4-7(6)12/h6-8H,2-5,12H2,1H3/t6-,7-/m1/s1. The monoisotopic (exact) mass is 206 g/mol. The van der Waals surface area contributed by atoms with Gasteiger partial charge in [-0.25, -0.2) is 8.78 Å². The van der Waals surface area contributed by atoms with Crippen LogP contribution in [0, 0.1) is 5.92 Å². The third-order valence-electron chi connectivity index (χ3n) is 2.67. The van der Waals surface area contributed by atoms with Gasteiger partial charge in [0.05, 0.1) is 12.5 Å². The minimum Gasteiger partial charge on any atom is -0.340 e. The van der Waals surface area contributed by atoms with Crippen LogP contribution >= 0.6 is 0 Å². The number of nitrogens with two attached hydrogens (primary N) is 1. The van der Waals surface area contributed by atoms with Gasteiger partial charge >= 0.3 is 0 Å². The van der Waals surface area contributed by atoms with Crippen molar-refractivity contribution in [2.75, 3.05) is 13.6 Å². The van der Waals surface area contributed by atoms with Crippen LogP contribution in [0.15, 0.2) is 0 Å². The van der Waals surface area contributed by atoms with Crippen molar-refractivity contribution in [3.63, 3.8) is 0 Å². The van der Waals surface area contributed by atoms with Gasteiger partial charge in [0.25, 0.3) is 6.43 Å². The first-order valence-electron chi connectivity index (χ1n) is 4.81. The van der Waals surface area contributed by atoms with Crippen LogP contribution < -0.4 is 5.73 Å². The van der Waals surface area contributed by atoms with Gasteiger partial charge in [0, 0.05) is 13.1 Å². The molecule has 0 spiro atoms. The molecule has 1 aliphatic rings. The zero-order valence-electron chi connectivity index (χ0n) is 8.25. The summed E-state index contributed by atoms with van der Waals surface area (Å²) in [5.41, 5.74) is 5.71. The predicted molar refractivity (Wildman–Crippen MR) is 49.0 cm³/mol. The Morgan fingerprint density at radius 1 is 1.57 bits per heavy atom. The van der Waals surface area contributed by atoms with Gasteiger partial charge in [0.2, 0.25) is 5.91 Å². The first-order valence-corrected chi connectivity index (χ1v) is 4.81. The molecule has 0 unspecified atom stereocenters. The van der Waals surface area contributed by atoms with Crippen molar-refractivity contribution in [1.82, 2.24) is 4.90 Å². The molecule has 0 aromatic heterocycles. The van der Waals surface area contributed by atoms with Gasteiger partial charge in [-0.1, -0.05) is 6.42 Å². The molecule has 14 heavy (non-hydrogen) atoms. The van der Waals surface area contributed by atoms with Crippen molar-refractivity contribution in [3.8, 4) is 0 Å². The molecule has 1 saturated carbocycles. The molecule has 1 amide bonds. The second-order valence-electron chi connectivity index (χ2n) is 3.81. The van der Waals surface area contributed by atoms with E-state index in [0.717, 1.165) is 24.2 Å². The van der Waals surface area contributed by atoms with E-state index in [4.69, 9.17) is 5.73 Å². The zero-order chi connectivity index (χ0) is 10.7. The van der Waals surface area contributed by atoms with Crippen LogP contribution in [0.3, 0.4) is 0 Å². The lowest BCUT2D eigenvalue weighted by molar-refractivity contribution is -0.136. The Bertz CT molecular complexity index is 211. The summed E-state index contributed by atoms with van der Waals surface area (Å²) in [6.45, 7) is -0.498. The summed E-state index contributed by atoms with van der Waals surface area (Å²) in [6.07, 6.45) is -0.00589. The number of carbonyl (C=O) groups excluding carboxylic acids is 1. The van der Waals surface area contributed by atoms with Crippen LogP contribution in [0.4, 0.5) is 8.78 Å². The Balaban J connectivity index is 2.47. The normalized spacial score (nSPS) is 26.9. The Kier molecular flexibility index (Phi) is 3.80. The molecule has 2 N–H and O–H groups in total. The quantitative estimate of drug-likeness (QED) is 0.743. The summed E-state index contributed by atoms with van der Waals surface area (Å²) in [5.74, 6) is -0.492. The average molecular weight is 206 g/mol. The highest BCUT2D eigenvalue weighted by Gasteiger charge is 2.32. The summed E-state index contributed by atoms with van der Waals surface area (Å²) >= 11 is 0. The lowest BCUT2D eigenvalue weighted by atomic mass is 10.0. The van der Waals surface area contributed by atoms with Crippen molar-refractivity contribution in [2.45, 2.75) is 31.7 Å². The predicted octanol–water partition coefficient (Wildman–Crippen LogP) is 0.837. The summed E-state index contributed by atoms with van der Waals surface area (Å²) in [5, 5.41) is 0. The van der Waals surface area contributed by atoms with Crippen molar-refractivity contribution in [3.05, 3.63) is 0 Å². The smallest absolute Gasteiger partial charge is 0.255 e. The van der Waals surface area contributed by atoms with Crippen molar-refractivity contribution >= 4 is 5.91 Å². The Morgan fingerprint density at radius 3 is 2.64 bits per heavy atom. The number of hydrogen-bond acceptors (Lipinski definition) is 2. The molecule has 5 heteroatoms. The lowest BCUT2D eigenvalue weighted by Crippen LogP contribution is -2.41. The van der Waals surface area contributed by atoms with E-state index in [-0.39, 0.29) is 17.9 Å². The number of halogens is 2. The zero-order valence-corrected chi connectivity index (χ0v) is 8.25. The van der Waals surface area contributed by atoms with E-state index in [2.05, 4.69) is 0 Å². The van der Waals surface area contributed by atoms with Crippen molar-refractivity contribution in [1.29, 1.82) is 0 Å². The number of rotatable bonds is 3. The molecule has 1 rings (SSSR count). The molecule has 82 valence electrons. The summed E-state index contributed by atoms with van der Waals surface area (Å²) < 4.78 is 24.0. The maximum atomic E-state index is 12.0. The molecule has 0 bridgehead atoms. The SMILES string of the molecule is CN(CC(F)F)C(=O)[C@@H]1CCC[C@H]1N. The fraction of sp³-hybridized carbons (Fsp3) is 0.889. The van der Waals surface area contributed by atoms with Gasteiger partial charge in [-0.15, -0.1) is 0 Å².